The van der Waals surface area contributed by atoms with Crippen LogP contribution in [-0.2, 0) is 6.42 Å². The third-order valence-electron chi connectivity index (χ3n) is 3.91. The van der Waals surface area contributed by atoms with Crippen LogP contribution in [0, 0.1) is 12.7 Å². The third-order valence-corrected chi connectivity index (χ3v) is 3.91. The summed E-state index contributed by atoms with van der Waals surface area (Å²) in [5, 5.41) is 12.7. The molecular formula is C19H17FO. The lowest BCUT2D eigenvalue weighted by molar-refractivity contribution is 0.178. The van der Waals surface area contributed by atoms with Crippen LogP contribution in [0.1, 0.15) is 22.8 Å². The highest BCUT2D eigenvalue weighted by atomic mass is 19.1. The summed E-state index contributed by atoms with van der Waals surface area (Å²) in [4.78, 5) is 0. The normalized spacial score (nSPS) is 12.5. The number of fused-ring (bicyclic) bond motifs is 1. The van der Waals surface area contributed by atoms with E-state index in [1.54, 1.807) is 18.2 Å². The predicted octanol–water partition coefficient (Wildman–Crippen LogP) is 4.56. The summed E-state index contributed by atoms with van der Waals surface area (Å²) in [6.45, 7) is 2.05. The second-order valence-electron chi connectivity index (χ2n) is 5.33. The number of benzene rings is 3. The van der Waals surface area contributed by atoms with E-state index < -0.39 is 6.10 Å². The molecule has 0 radical (unpaired) electrons. The number of hydrogen-bond acceptors (Lipinski definition) is 1. The van der Waals surface area contributed by atoms with E-state index in [0.717, 1.165) is 16.3 Å². The standard InChI is InChI=1S/C19H17FO/c1-13-10-11-17(16-8-4-3-7-15(13)16)19(21)12-14-6-2-5-9-18(14)20/h2-11,19,21H,12H2,1H3. The van der Waals surface area contributed by atoms with E-state index >= 15 is 0 Å². The Morgan fingerprint density at radius 1 is 0.905 bits per heavy atom. The smallest absolute Gasteiger partial charge is 0.126 e. The van der Waals surface area contributed by atoms with Crippen LogP contribution in [0.15, 0.2) is 60.7 Å². The Balaban J connectivity index is 2.01. The van der Waals surface area contributed by atoms with Crippen LogP contribution in [0.2, 0.25) is 0 Å². The molecule has 0 heterocycles. The lowest BCUT2D eigenvalue weighted by atomic mass is 9.94. The molecular weight excluding hydrogens is 263 g/mol. The van der Waals surface area contributed by atoms with Crippen molar-refractivity contribution < 1.29 is 9.50 Å². The van der Waals surface area contributed by atoms with Gasteiger partial charge in [0.2, 0.25) is 0 Å². The Hall–Kier alpha value is -2.19. The highest BCUT2D eigenvalue weighted by Gasteiger charge is 2.14. The van der Waals surface area contributed by atoms with E-state index in [4.69, 9.17) is 0 Å². The van der Waals surface area contributed by atoms with Gasteiger partial charge in [0, 0.05) is 6.42 Å². The van der Waals surface area contributed by atoms with Gasteiger partial charge in [-0.15, -0.1) is 0 Å². The van der Waals surface area contributed by atoms with Gasteiger partial charge in [0.15, 0.2) is 0 Å². The number of aliphatic hydroxyl groups excluding tert-OH is 1. The van der Waals surface area contributed by atoms with E-state index in [2.05, 4.69) is 6.92 Å². The van der Waals surface area contributed by atoms with Gasteiger partial charge in [0.25, 0.3) is 0 Å². The van der Waals surface area contributed by atoms with Crippen molar-refractivity contribution in [1.82, 2.24) is 0 Å². The first-order valence-electron chi connectivity index (χ1n) is 7.06. The second kappa shape index (κ2) is 5.66. The van der Waals surface area contributed by atoms with Gasteiger partial charge in [0.1, 0.15) is 5.82 Å². The Morgan fingerprint density at radius 3 is 2.33 bits per heavy atom. The molecule has 106 valence electrons. The van der Waals surface area contributed by atoms with Gasteiger partial charge < -0.3 is 5.11 Å². The first kappa shape index (κ1) is 13.8. The van der Waals surface area contributed by atoms with Crippen molar-refractivity contribution >= 4 is 10.8 Å². The summed E-state index contributed by atoms with van der Waals surface area (Å²) in [5.41, 5.74) is 2.56. The molecule has 0 aliphatic heterocycles. The Kier molecular flexibility index (Phi) is 3.72. The topological polar surface area (TPSA) is 20.2 Å². The van der Waals surface area contributed by atoms with Crippen molar-refractivity contribution in [2.45, 2.75) is 19.4 Å². The van der Waals surface area contributed by atoms with Crippen LogP contribution < -0.4 is 0 Å². The van der Waals surface area contributed by atoms with Gasteiger partial charge in [-0.3, -0.25) is 0 Å². The SMILES string of the molecule is Cc1ccc(C(O)Cc2ccccc2F)c2ccccc12. The minimum absolute atomic E-state index is 0.270. The minimum atomic E-state index is -0.715. The van der Waals surface area contributed by atoms with Crippen molar-refractivity contribution in [3.8, 4) is 0 Å². The zero-order valence-electron chi connectivity index (χ0n) is 11.9. The monoisotopic (exact) mass is 280 g/mol. The summed E-state index contributed by atoms with van der Waals surface area (Å²) in [5.74, 6) is -0.270. The maximum Gasteiger partial charge on any atom is 0.126 e. The highest BCUT2D eigenvalue weighted by molar-refractivity contribution is 5.88. The van der Waals surface area contributed by atoms with Crippen LogP contribution >= 0.6 is 0 Å². The molecule has 0 saturated heterocycles. The van der Waals surface area contributed by atoms with Crippen molar-refractivity contribution in [2.75, 3.05) is 0 Å². The summed E-state index contributed by atoms with van der Waals surface area (Å²) in [7, 11) is 0. The Bertz CT molecular complexity index is 779. The first-order chi connectivity index (χ1) is 10.2. The number of hydrogen-bond donors (Lipinski definition) is 1. The zero-order chi connectivity index (χ0) is 14.8. The molecule has 0 saturated carbocycles. The molecule has 0 spiro atoms. The van der Waals surface area contributed by atoms with E-state index in [1.165, 1.54) is 11.6 Å². The van der Waals surface area contributed by atoms with Crippen LogP contribution in [0.25, 0.3) is 10.8 Å². The number of halogens is 1. The molecule has 2 heteroatoms. The van der Waals surface area contributed by atoms with Crippen molar-refractivity contribution in [3.05, 3.63) is 83.2 Å². The van der Waals surface area contributed by atoms with Gasteiger partial charge in [-0.25, -0.2) is 4.39 Å². The van der Waals surface area contributed by atoms with Crippen LogP contribution in [-0.4, -0.2) is 5.11 Å². The van der Waals surface area contributed by atoms with Crippen LogP contribution in [0.5, 0.6) is 0 Å². The zero-order valence-corrected chi connectivity index (χ0v) is 11.9. The minimum Gasteiger partial charge on any atom is -0.388 e. The summed E-state index contributed by atoms with van der Waals surface area (Å²) >= 11 is 0. The summed E-state index contributed by atoms with van der Waals surface area (Å²) in [6.07, 6.45) is -0.438. The molecule has 3 aromatic carbocycles. The fourth-order valence-corrected chi connectivity index (χ4v) is 2.75. The number of aliphatic hydroxyl groups is 1. The fourth-order valence-electron chi connectivity index (χ4n) is 2.75. The first-order valence-corrected chi connectivity index (χ1v) is 7.06. The molecule has 0 bridgehead atoms. The third kappa shape index (κ3) is 2.67. The highest BCUT2D eigenvalue weighted by Crippen LogP contribution is 2.29. The average molecular weight is 280 g/mol. The Morgan fingerprint density at radius 2 is 1.57 bits per heavy atom. The maximum absolute atomic E-state index is 13.7. The summed E-state index contributed by atoms with van der Waals surface area (Å²) < 4.78 is 13.7. The fraction of sp³-hybridized carbons (Fsp3) is 0.158. The lowest BCUT2D eigenvalue weighted by Gasteiger charge is -2.15. The van der Waals surface area contributed by atoms with E-state index in [1.807, 2.05) is 36.4 Å². The van der Waals surface area contributed by atoms with Crippen molar-refractivity contribution in [1.29, 1.82) is 0 Å². The molecule has 0 aromatic heterocycles. The van der Waals surface area contributed by atoms with E-state index in [-0.39, 0.29) is 12.2 Å². The molecule has 0 fully saturated rings. The lowest BCUT2D eigenvalue weighted by Crippen LogP contribution is -2.04. The van der Waals surface area contributed by atoms with Crippen LogP contribution in [0.3, 0.4) is 0 Å². The maximum atomic E-state index is 13.7. The molecule has 1 unspecified atom stereocenters. The molecule has 3 rings (SSSR count). The van der Waals surface area contributed by atoms with E-state index in [0.29, 0.717) is 5.56 Å². The summed E-state index contributed by atoms with van der Waals surface area (Å²) in [6, 6.07) is 18.5. The molecule has 21 heavy (non-hydrogen) atoms. The largest absolute Gasteiger partial charge is 0.388 e. The van der Waals surface area contributed by atoms with Crippen LogP contribution in [0.4, 0.5) is 4.39 Å². The predicted molar refractivity (Wildman–Crippen MR) is 83.7 cm³/mol. The molecule has 0 amide bonds. The quantitative estimate of drug-likeness (QED) is 0.745. The second-order valence-corrected chi connectivity index (χ2v) is 5.33. The van der Waals surface area contributed by atoms with Gasteiger partial charge in [-0.2, -0.15) is 0 Å². The van der Waals surface area contributed by atoms with Gasteiger partial charge in [-0.05, 0) is 40.5 Å². The molecule has 0 aliphatic rings. The van der Waals surface area contributed by atoms with E-state index in [9.17, 15) is 9.50 Å². The van der Waals surface area contributed by atoms with Gasteiger partial charge in [-0.1, -0.05) is 54.6 Å². The molecule has 3 aromatic rings. The van der Waals surface area contributed by atoms with Crippen molar-refractivity contribution in [3.63, 3.8) is 0 Å². The molecule has 1 atom stereocenters. The van der Waals surface area contributed by atoms with Gasteiger partial charge >= 0.3 is 0 Å². The molecule has 0 aliphatic carbocycles. The molecule has 1 N–H and O–H groups in total. The van der Waals surface area contributed by atoms with Crippen molar-refractivity contribution in [2.24, 2.45) is 0 Å². The number of aryl methyl sites for hydroxylation is 1. The average Bonchev–Trinajstić information content (AvgIpc) is 2.50. The molecule has 1 nitrogen and oxygen atoms in total. The Labute approximate surface area is 123 Å². The number of rotatable bonds is 3. The van der Waals surface area contributed by atoms with Gasteiger partial charge in [0.05, 0.1) is 6.10 Å².